The molecule has 2 aromatic rings. The van der Waals surface area contributed by atoms with E-state index >= 15 is 0 Å². The number of methoxy groups -OCH3 is 1. The summed E-state index contributed by atoms with van der Waals surface area (Å²) < 4.78 is 28.6. The van der Waals surface area contributed by atoms with Crippen molar-refractivity contribution in [2.45, 2.75) is 6.54 Å². The van der Waals surface area contributed by atoms with Crippen molar-refractivity contribution in [2.75, 3.05) is 7.11 Å². The molecule has 0 aliphatic heterocycles. The fraction of sp³-hybridized carbons (Fsp3) is 0.118. The monoisotopic (exact) mass is 331 g/mol. The topological polar surface area (TPSA) is 63.7 Å². The Labute approximate surface area is 136 Å². The first-order chi connectivity index (χ1) is 11.1. The molecule has 0 amide bonds. The van der Waals surface area contributed by atoms with Gasteiger partial charge < -0.3 is 4.74 Å². The molecule has 0 spiro atoms. The van der Waals surface area contributed by atoms with Crippen LogP contribution in [0.1, 0.15) is 21.5 Å². The SMILES string of the molecule is COC(=O)c1ccc(CN(C=Cc2ccccc2)[SH](=O)=O)cc1. The Morgan fingerprint density at radius 2 is 1.74 bits per heavy atom. The first kappa shape index (κ1) is 16.8. The highest BCUT2D eigenvalue weighted by molar-refractivity contribution is 7.69. The zero-order valence-corrected chi connectivity index (χ0v) is 13.5. The standard InChI is InChI=1S/C17H17NO4S/c1-22-17(19)16-9-7-15(8-10-16)13-18(23(20)21)12-11-14-5-3-2-4-6-14/h2-12,23H,13H2,1H3. The molecule has 0 aliphatic carbocycles. The Morgan fingerprint density at radius 1 is 1.09 bits per heavy atom. The number of nitrogens with zero attached hydrogens (tertiary/aromatic N) is 1. The number of carbonyl (C=O) groups is 1. The molecule has 0 fully saturated rings. The van der Waals surface area contributed by atoms with Crippen molar-refractivity contribution < 1.29 is 17.9 Å². The second kappa shape index (κ2) is 8.14. The van der Waals surface area contributed by atoms with Crippen LogP contribution in [0.2, 0.25) is 0 Å². The quantitative estimate of drug-likeness (QED) is 0.652. The van der Waals surface area contributed by atoms with Crippen LogP contribution in [0.3, 0.4) is 0 Å². The molecular formula is C17H17NO4S. The Bertz CT molecular complexity index is 744. The van der Waals surface area contributed by atoms with Gasteiger partial charge in [0.2, 0.25) is 10.9 Å². The molecule has 23 heavy (non-hydrogen) atoms. The van der Waals surface area contributed by atoms with Crippen molar-refractivity contribution in [3.63, 3.8) is 0 Å². The summed E-state index contributed by atoms with van der Waals surface area (Å²) in [4.78, 5) is 11.4. The Balaban J connectivity index is 2.10. The van der Waals surface area contributed by atoms with E-state index in [-0.39, 0.29) is 6.54 Å². The highest BCUT2D eigenvalue weighted by atomic mass is 32.2. The zero-order valence-electron chi connectivity index (χ0n) is 12.6. The number of carbonyl (C=O) groups excluding carboxylic acids is 1. The Morgan fingerprint density at radius 3 is 2.30 bits per heavy atom. The smallest absolute Gasteiger partial charge is 0.337 e. The molecule has 0 unspecified atom stereocenters. The molecule has 0 heterocycles. The molecule has 0 atom stereocenters. The number of benzene rings is 2. The lowest BCUT2D eigenvalue weighted by atomic mass is 10.1. The number of hydrogen-bond donors (Lipinski definition) is 1. The van der Waals surface area contributed by atoms with Crippen LogP contribution in [-0.2, 0) is 22.2 Å². The van der Waals surface area contributed by atoms with Gasteiger partial charge in [-0.1, -0.05) is 42.5 Å². The van der Waals surface area contributed by atoms with E-state index in [1.54, 1.807) is 30.3 Å². The number of rotatable bonds is 6. The summed E-state index contributed by atoms with van der Waals surface area (Å²) in [6.45, 7) is 0.198. The summed E-state index contributed by atoms with van der Waals surface area (Å²) in [6.07, 6.45) is 3.25. The van der Waals surface area contributed by atoms with Gasteiger partial charge >= 0.3 is 5.97 Å². The van der Waals surface area contributed by atoms with Crippen LogP contribution in [0.25, 0.3) is 6.08 Å². The molecular weight excluding hydrogens is 314 g/mol. The predicted octanol–water partition coefficient (Wildman–Crippen LogP) is 2.47. The summed E-state index contributed by atoms with van der Waals surface area (Å²) in [5.74, 6) is -0.424. The van der Waals surface area contributed by atoms with E-state index in [9.17, 15) is 13.2 Å². The number of hydrogen-bond acceptors (Lipinski definition) is 4. The Hall–Kier alpha value is -2.60. The molecule has 0 radical (unpaired) electrons. The fourth-order valence-electron chi connectivity index (χ4n) is 1.95. The van der Waals surface area contributed by atoms with E-state index in [1.165, 1.54) is 17.6 Å². The average Bonchev–Trinajstić information content (AvgIpc) is 2.59. The van der Waals surface area contributed by atoms with Gasteiger partial charge in [0.05, 0.1) is 19.2 Å². The molecule has 0 aliphatic rings. The van der Waals surface area contributed by atoms with Crippen LogP contribution in [0.15, 0.2) is 60.8 Å². The van der Waals surface area contributed by atoms with Crippen LogP contribution < -0.4 is 0 Å². The third-order valence-electron chi connectivity index (χ3n) is 3.17. The molecule has 0 N–H and O–H groups in total. The first-order valence-corrected chi connectivity index (χ1v) is 8.04. The van der Waals surface area contributed by atoms with Gasteiger partial charge in [-0.05, 0) is 29.3 Å². The van der Waals surface area contributed by atoms with Gasteiger partial charge in [-0.3, -0.25) is 4.31 Å². The van der Waals surface area contributed by atoms with Gasteiger partial charge in [-0.2, -0.15) is 0 Å². The maximum absolute atomic E-state index is 11.4. The van der Waals surface area contributed by atoms with Gasteiger partial charge in [-0.15, -0.1) is 0 Å². The van der Waals surface area contributed by atoms with Crippen LogP contribution in [0, 0.1) is 0 Å². The van der Waals surface area contributed by atoms with Gasteiger partial charge in [0.25, 0.3) is 0 Å². The van der Waals surface area contributed by atoms with E-state index < -0.39 is 16.9 Å². The summed E-state index contributed by atoms with van der Waals surface area (Å²) in [7, 11) is -1.44. The van der Waals surface area contributed by atoms with Crippen molar-refractivity contribution in [3.05, 3.63) is 77.5 Å². The van der Waals surface area contributed by atoms with Gasteiger partial charge in [0, 0.05) is 6.20 Å². The van der Waals surface area contributed by atoms with Crippen LogP contribution in [-0.4, -0.2) is 25.8 Å². The molecule has 5 nitrogen and oxygen atoms in total. The van der Waals surface area contributed by atoms with E-state index in [4.69, 9.17) is 0 Å². The molecule has 0 saturated carbocycles. The van der Waals surface area contributed by atoms with Crippen molar-refractivity contribution in [1.82, 2.24) is 4.31 Å². The normalized spacial score (nSPS) is 10.9. The van der Waals surface area contributed by atoms with Crippen molar-refractivity contribution >= 4 is 22.9 Å². The number of esters is 1. The average molecular weight is 331 g/mol. The van der Waals surface area contributed by atoms with Crippen molar-refractivity contribution in [2.24, 2.45) is 0 Å². The molecule has 2 aromatic carbocycles. The summed E-state index contributed by atoms with van der Waals surface area (Å²) in [5.41, 5.74) is 2.11. The molecule has 6 heteroatoms. The van der Waals surface area contributed by atoms with Gasteiger partial charge in [0.1, 0.15) is 0 Å². The Kier molecular flexibility index (Phi) is 5.94. The van der Waals surface area contributed by atoms with E-state index in [0.717, 1.165) is 11.1 Å². The van der Waals surface area contributed by atoms with Gasteiger partial charge in [0.15, 0.2) is 0 Å². The third kappa shape index (κ3) is 4.96. The van der Waals surface area contributed by atoms with Crippen LogP contribution in [0.4, 0.5) is 0 Å². The molecule has 0 bridgehead atoms. The zero-order chi connectivity index (χ0) is 16.7. The highest BCUT2D eigenvalue weighted by Gasteiger charge is 2.07. The highest BCUT2D eigenvalue weighted by Crippen LogP contribution is 2.10. The number of ether oxygens (including phenoxy) is 1. The molecule has 2 rings (SSSR count). The molecule has 0 aromatic heterocycles. The van der Waals surface area contributed by atoms with Crippen molar-refractivity contribution in [3.8, 4) is 0 Å². The molecule has 0 saturated heterocycles. The van der Waals surface area contributed by atoms with E-state index in [2.05, 4.69) is 4.74 Å². The minimum atomic E-state index is -2.75. The van der Waals surface area contributed by atoms with Crippen molar-refractivity contribution in [1.29, 1.82) is 0 Å². The van der Waals surface area contributed by atoms with E-state index in [1.807, 2.05) is 30.3 Å². The van der Waals surface area contributed by atoms with Gasteiger partial charge in [-0.25, -0.2) is 13.2 Å². The second-order valence-electron chi connectivity index (χ2n) is 4.75. The summed E-state index contributed by atoms with van der Waals surface area (Å²) in [5, 5.41) is 0. The lowest BCUT2D eigenvalue weighted by molar-refractivity contribution is 0.0600. The van der Waals surface area contributed by atoms with Crippen LogP contribution in [0.5, 0.6) is 0 Å². The third-order valence-corrected chi connectivity index (χ3v) is 3.86. The largest absolute Gasteiger partial charge is 0.465 e. The van der Waals surface area contributed by atoms with Crippen LogP contribution >= 0.6 is 0 Å². The minimum absolute atomic E-state index is 0.198. The van der Waals surface area contributed by atoms with E-state index in [0.29, 0.717) is 5.56 Å². The minimum Gasteiger partial charge on any atom is -0.465 e. The summed E-state index contributed by atoms with van der Waals surface area (Å²) >= 11 is 0. The lowest BCUT2D eigenvalue weighted by Gasteiger charge is -2.13. The maximum Gasteiger partial charge on any atom is 0.337 e. The number of thiol groups is 1. The fourth-order valence-corrected chi connectivity index (χ4v) is 2.41. The second-order valence-corrected chi connectivity index (χ2v) is 5.74. The summed E-state index contributed by atoms with van der Waals surface area (Å²) in [6, 6.07) is 16.1. The first-order valence-electron chi connectivity index (χ1n) is 6.91. The predicted molar refractivity (Wildman–Crippen MR) is 89.1 cm³/mol. The maximum atomic E-state index is 11.4. The lowest BCUT2D eigenvalue weighted by Crippen LogP contribution is -2.14. The molecule has 120 valence electrons.